The second kappa shape index (κ2) is 5.64. The van der Waals surface area contributed by atoms with E-state index in [2.05, 4.69) is 22.7 Å². The molecule has 0 aromatic carbocycles. The van der Waals surface area contributed by atoms with Gasteiger partial charge in [0.25, 0.3) is 0 Å². The van der Waals surface area contributed by atoms with Crippen molar-refractivity contribution >= 4 is 5.91 Å². The van der Waals surface area contributed by atoms with Gasteiger partial charge in [0, 0.05) is 25.7 Å². The number of carbonyl (C=O) groups excluding carboxylic acids is 1. The minimum atomic E-state index is 0.165. The summed E-state index contributed by atoms with van der Waals surface area (Å²) in [6.07, 6.45) is 5.85. The number of nitrogens with one attached hydrogen (secondary N) is 2. The maximum absolute atomic E-state index is 12.0. The summed E-state index contributed by atoms with van der Waals surface area (Å²) in [5.41, 5.74) is 3.06. The molecule has 4 nitrogen and oxygen atoms in total. The van der Waals surface area contributed by atoms with Gasteiger partial charge in [-0.05, 0) is 32.6 Å². The lowest BCUT2D eigenvalue weighted by Crippen LogP contribution is -2.51. The van der Waals surface area contributed by atoms with Crippen LogP contribution in [0.4, 0.5) is 0 Å². The molecule has 16 heavy (non-hydrogen) atoms. The van der Waals surface area contributed by atoms with Gasteiger partial charge in [-0.25, -0.2) is 5.01 Å². The van der Waals surface area contributed by atoms with Gasteiger partial charge in [-0.2, -0.15) is 0 Å². The molecule has 1 amide bonds. The van der Waals surface area contributed by atoms with Crippen LogP contribution in [-0.2, 0) is 4.79 Å². The zero-order chi connectivity index (χ0) is 11.4. The topological polar surface area (TPSA) is 44.4 Å². The molecule has 2 heterocycles. The van der Waals surface area contributed by atoms with Gasteiger partial charge in [0.15, 0.2) is 0 Å². The first kappa shape index (κ1) is 11.9. The molecule has 0 radical (unpaired) electrons. The lowest BCUT2D eigenvalue weighted by atomic mass is 9.95. The molecule has 2 unspecified atom stereocenters. The fourth-order valence-electron chi connectivity index (χ4n) is 2.48. The number of amides is 1. The van der Waals surface area contributed by atoms with Crippen LogP contribution in [0.15, 0.2) is 0 Å². The summed E-state index contributed by atoms with van der Waals surface area (Å²) < 4.78 is 0. The van der Waals surface area contributed by atoms with Crippen LogP contribution in [0.1, 0.15) is 39.0 Å². The van der Waals surface area contributed by atoms with Crippen molar-refractivity contribution in [1.29, 1.82) is 0 Å². The highest BCUT2D eigenvalue weighted by Gasteiger charge is 2.25. The molecule has 0 aliphatic carbocycles. The molecule has 2 N–H and O–H groups in total. The van der Waals surface area contributed by atoms with Crippen molar-refractivity contribution in [3.63, 3.8) is 0 Å². The van der Waals surface area contributed by atoms with Gasteiger partial charge in [0.1, 0.15) is 0 Å². The molecule has 2 rings (SSSR count). The molecular formula is C12H23N3O. The summed E-state index contributed by atoms with van der Waals surface area (Å²) in [5, 5.41) is 5.46. The molecule has 92 valence electrons. The summed E-state index contributed by atoms with van der Waals surface area (Å²) in [6, 6.07) is 0.569. The molecule has 2 atom stereocenters. The van der Waals surface area contributed by atoms with E-state index >= 15 is 0 Å². The quantitative estimate of drug-likeness (QED) is 0.733. The molecule has 0 aromatic heterocycles. The number of carbonyl (C=O) groups is 1. The first-order valence-electron chi connectivity index (χ1n) is 6.54. The van der Waals surface area contributed by atoms with Crippen LogP contribution >= 0.6 is 0 Å². The summed E-state index contributed by atoms with van der Waals surface area (Å²) >= 11 is 0. The third-order valence-corrected chi connectivity index (χ3v) is 3.66. The minimum Gasteiger partial charge on any atom is -0.313 e. The number of rotatable bonds is 2. The van der Waals surface area contributed by atoms with Crippen LogP contribution in [0.5, 0.6) is 0 Å². The van der Waals surface area contributed by atoms with Crippen LogP contribution in [0.2, 0.25) is 0 Å². The van der Waals surface area contributed by atoms with E-state index < -0.39 is 0 Å². The second-order valence-corrected chi connectivity index (χ2v) is 5.11. The van der Waals surface area contributed by atoms with E-state index in [0.717, 1.165) is 32.5 Å². The van der Waals surface area contributed by atoms with E-state index in [1.165, 1.54) is 19.3 Å². The second-order valence-electron chi connectivity index (χ2n) is 5.11. The predicted octanol–water partition coefficient (Wildman–Crippen LogP) is 0.892. The molecule has 2 aliphatic heterocycles. The predicted molar refractivity (Wildman–Crippen MR) is 63.8 cm³/mol. The van der Waals surface area contributed by atoms with Crippen LogP contribution in [0, 0.1) is 5.92 Å². The Morgan fingerprint density at radius 1 is 1.25 bits per heavy atom. The largest absolute Gasteiger partial charge is 0.313 e. The van der Waals surface area contributed by atoms with Crippen LogP contribution < -0.4 is 10.7 Å². The SMILES string of the molecule is CC1CCC(C(=O)NN2CCCCC2)CN1. The fourth-order valence-corrected chi connectivity index (χ4v) is 2.48. The molecule has 0 aromatic rings. The monoisotopic (exact) mass is 225 g/mol. The third kappa shape index (κ3) is 3.19. The highest BCUT2D eigenvalue weighted by molar-refractivity contribution is 5.78. The Hall–Kier alpha value is -0.610. The first-order chi connectivity index (χ1) is 7.75. The number of piperidine rings is 2. The van der Waals surface area contributed by atoms with Gasteiger partial charge in [0.2, 0.25) is 5.91 Å². The highest BCUT2D eigenvalue weighted by atomic mass is 16.2. The van der Waals surface area contributed by atoms with Gasteiger partial charge in [0.05, 0.1) is 5.92 Å². The van der Waals surface area contributed by atoms with Crippen molar-refractivity contribution in [2.24, 2.45) is 5.92 Å². The molecule has 0 saturated carbocycles. The van der Waals surface area contributed by atoms with E-state index in [9.17, 15) is 4.79 Å². The maximum Gasteiger partial charge on any atom is 0.238 e. The number of hydrazine groups is 1. The minimum absolute atomic E-state index is 0.165. The van der Waals surface area contributed by atoms with E-state index in [0.29, 0.717) is 6.04 Å². The van der Waals surface area contributed by atoms with Gasteiger partial charge in [-0.15, -0.1) is 0 Å². The van der Waals surface area contributed by atoms with E-state index in [1.54, 1.807) is 0 Å². The van der Waals surface area contributed by atoms with Crippen molar-refractivity contribution < 1.29 is 4.79 Å². The zero-order valence-corrected chi connectivity index (χ0v) is 10.2. The lowest BCUT2D eigenvalue weighted by molar-refractivity contribution is -0.131. The lowest BCUT2D eigenvalue weighted by Gasteiger charge is -2.31. The van der Waals surface area contributed by atoms with E-state index in [4.69, 9.17) is 0 Å². The Balaban J connectivity index is 1.74. The van der Waals surface area contributed by atoms with Gasteiger partial charge in [-0.1, -0.05) is 6.42 Å². The fraction of sp³-hybridized carbons (Fsp3) is 0.917. The van der Waals surface area contributed by atoms with Gasteiger partial charge >= 0.3 is 0 Å². The van der Waals surface area contributed by atoms with Crippen LogP contribution in [0.25, 0.3) is 0 Å². The molecule has 2 saturated heterocycles. The number of nitrogens with zero attached hydrogens (tertiary/aromatic N) is 1. The Kier molecular flexibility index (Phi) is 4.18. The first-order valence-corrected chi connectivity index (χ1v) is 6.54. The average molecular weight is 225 g/mol. The third-order valence-electron chi connectivity index (χ3n) is 3.66. The normalized spacial score (nSPS) is 32.3. The number of hydrogen-bond donors (Lipinski definition) is 2. The van der Waals surface area contributed by atoms with E-state index in [1.807, 2.05) is 0 Å². The maximum atomic E-state index is 12.0. The van der Waals surface area contributed by atoms with Crippen molar-refractivity contribution in [3.8, 4) is 0 Å². The van der Waals surface area contributed by atoms with Crippen molar-refractivity contribution in [3.05, 3.63) is 0 Å². The molecule has 4 heteroatoms. The molecular weight excluding hydrogens is 202 g/mol. The van der Waals surface area contributed by atoms with Crippen LogP contribution in [0.3, 0.4) is 0 Å². The Labute approximate surface area is 97.7 Å². The van der Waals surface area contributed by atoms with Crippen LogP contribution in [-0.4, -0.2) is 36.6 Å². The molecule has 0 spiro atoms. The average Bonchev–Trinajstić information content (AvgIpc) is 2.31. The smallest absolute Gasteiger partial charge is 0.238 e. The van der Waals surface area contributed by atoms with Gasteiger partial charge in [-0.3, -0.25) is 10.2 Å². The van der Waals surface area contributed by atoms with Gasteiger partial charge < -0.3 is 5.32 Å². The summed E-state index contributed by atoms with van der Waals surface area (Å²) in [5.74, 6) is 0.374. The molecule has 2 fully saturated rings. The summed E-state index contributed by atoms with van der Waals surface area (Å²) in [4.78, 5) is 12.0. The Morgan fingerprint density at radius 2 is 2.00 bits per heavy atom. The van der Waals surface area contributed by atoms with Crippen molar-refractivity contribution in [2.75, 3.05) is 19.6 Å². The van der Waals surface area contributed by atoms with E-state index in [-0.39, 0.29) is 11.8 Å². The number of hydrogen-bond acceptors (Lipinski definition) is 3. The molecule has 0 bridgehead atoms. The van der Waals surface area contributed by atoms with Crippen molar-refractivity contribution in [1.82, 2.24) is 15.8 Å². The molecule has 2 aliphatic rings. The Bertz CT molecular complexity index is 230. The highest BCUT2D eigenvalue weighted by Crippen LogP contribution is 2.15. The summed E-state index contributed by atoms with van der Waals surface area (Å²) in [7, 11) is 0. The Morgan fingerprint density at radius 3 is 2.62 bits per heavy atom. The van der Waals surface area contributed by atoms with Crippen molar-refractivity contribution in [2.45, 2.75) is 45.1 Å². The standard InChI is InChI=1S/C12H23N3O/c1-10-5-6-11(9-13-10)12(16)14-15-7-3-2-4-8-15/h10-11,13H,2-9H2,1H3,(H,14,16). The summed E-state index contributed by atoms with van der Waals surface area (Å²) in [6.45, 7) is 5.05. The zero-order valence-electron chi connectivity index (χ0n) is 10.2.